The molecule has 0 aromatic heterocycles. The number of carbonyl (C=O) groups excluding carboxylic acids is 2. The number of hydrogen-bond acceptors (Lipinski definition) is 3. The van der Waals surface area contributed by atoms with Crippen LogP contribution in [0.2, 0.25) is 0 Å². The summed E-state index contributed by atoms with van der Waals surface area (Å²) in [6, 6.07) is 16.9. The van der Waals surface area contributed by atoms with E-state index in [1.54, 1.807) is 29.2 Å². The Balaban J connectivity index is 1.70. The Morgan fingerprint density at radius 3 is 2.70 bits per heavy atom. The summed E-state index contributed by atoms with van der Waals surface area (Å²) >= 11 is 0. The summed E-state index contributed by atoms with van der Waals surface area (Å²) in [6.45, 7) is 2.79. The third-order valence-electron chi connectivity index (χ3n) is 3.63. The lowest BCUT2D eigenvalue weighted by Gasteiger charge is -2.12. The van der Waals surface area contributed by atoms with Crippen molar-refractivity contribution in [2.45, 2.75) is 13.5 Å². The highest BCUT2D eigenvalue weighted by atomic mass is 16.6. The van der Waals surface area contributed by atoms with Gasteiger partial charge in [-0.15, -0.1) is 0 Å². The van der Waals surface area contributed by atoms with Crippen LogP contribution in [0.5, 0.6) is 0 Å². The Kier molecular flexibility index (Phi) is 4.24. The molecule has 1 aliphatic rings. The third kappa shape index (κ3) is 3.66. The molecule has 0 atom stereocenters. The number of carbonyl (C=O) groups is 2. The van der Waals surface area contributed by atoms with Crippen molar-refractivity contribution in [3.63, 3.8) is 0 Å². The lowest BCUT2D eigenvalue weighted by atomic mass is 10.1. The fourth-order valence-electron chi connectivity index (χ4n) is 2.52. The summed E-state index contributed by atoms with van der Waals surface area (Å²) in [5.74, 6) is 0.224. The minimum absolute atomic E-state index is 0.161. The molecular formula is C19H17NO3. The fourth-order valence-corrected chi connectivity index (χ4v) is 2.52. The van der Waals surface area contributed by atoms with Gasteiger partial charge in [0.25, 0.3) is 0 Å². The molecule has 2 aromatic carbocycles. The number of aryl methyl sites for hydroxylation is 1. The van der Waals surface area contributed by atoms with E-state index >= 15 is 0 Å². The number of benzene rings is 2. The van der Waals surface area contributed by atoms with E-state index in [1.165, 1.54) is 6.08 Å². The minimum Gasteiger partial charge on any atom is -0.413 e. The van der Waals surface area contributed by atoms with E-state index in [0.29, 0.717) is 24.4 Å². The standard InChI is InChI=1S/C19H17NO3/c1-14-6-5-7-15(10-14)12-20-13-17(23-19(20)22)11-18(21)16-8-3-2-4-9-16/h2-11H,12-13H2,1H3/b17-11+. The summed E-state index contributed by atoms with van der Waals surface area (Å²) in [7, 11) is 0. The molecule has 0 unspecified atom stereocenters. The summed E-state index contributed by atoms with van der Waals surface area (Å²) in [5, 5.41) is 0. The van der Waals surface area contributed by atoms with Crippen molar-refractivity contribution in [3.8, 4) is 0 Å². The molecule has 1 saturated heterocycles. The van der Waals surface area contributed by atoms with Gasteiger partial charge in [-0.25, -0.2) is 4.79 Å². The van der Waals surface area contributed by atoms with Gasteiger partial charge in [0.1, 0.15) is 5.76 Å². The summed E-state index contributed by atoms with van der Waals surface area (Å²) < 4.78 is 5.20. The molecule has 1 aliphatic heterocycles. The monoisotopic (exact) mass is 307 g/mol. The number of ether oxygens (including phenoxy) is 1. The molecule has 0 spiro atoms. The highest BCUT2D eigenvalue weighted by Gasteiger charge is 2.27. The summed E-state index contributed by atoms with van der Waals surface area (Å²) in [5.41, 5.74) is 2.76. The first-order valence-electron chi connectivity index (χ1n) is 7.44. The van der Waals surface area contributed by atoms with Crippen LogP contribution < -0.4 is 0 Å². The maximum absolute atomic E-state index is 12.1. The molecule has 0 radical (unpaired) electrons. The predicted octanol–water partition coefficient (Wildman–Crippen LogP) is 3.71. The Bertz CT molecular complexity index is 765. The first-order chi connectivity index (χ1) is 11.1. The Morgan fingerprint density at radius 1 is 1.17 bits per heavy atom. The van der Waals surface area contributed by atoms with Crippen LogP contribution in [-0.2, 0) is 11.3 Å². The van der Waals surface area contributed by atoms with Gasteiger partial charge in [0.2, 0.25) is 0 Å². The van der Waals surface area contributed by atoms with Crippen LogP contribution in [0.4, 0.5) is 4.79 Å². The van der Waals surface area contributed by atoms with E-state index in [-0.39, 0.29) is 5.78 Å². The molecule has 116 valence electrons. The van der Waals surface area contributed by atoms with Gasteiger partial charge >= 0.3 is 6.09 Å². The van der Waals surface area contributed by atoms with Gasteiger partial charge in [-0.1, -0.05) is 60.2 Å². The van der Waals surface area contributed by atoms with E-state index < -0.39 is 6.09 Å². The van der Waals surface area contributed by atoms with Crippen LogP contribution in [0.1, 0.15) is 21.5 Å². The number of allylic oxidation sites excluding steroid dienone is 1. The molecule has 1 amide bonds. The van der Waals surface area contributed by atoms with Crippen LogP contribution in [0, 0.1) is 6.92 Å². The second-order valence-corrected chi connectivity index (χ2v) is 5.55. The molecule has 0 saturated carbocycles. The van der Waals surface area contributed by atoms with E-state index in [9.17, 15) is 9.59 Å². The van der Waals surface area contributed by atoms with Crippen molar-refractivity contribution < 1.29 is 14.3 Å². The van der Waals surface area contributed by atoms with E-state index in [0.717, 1.165) is 11.1 Å². The highest BCUT2D eigenvalue weighted by molar-refractivity contribution is 6.05. The summed E-state index contributed by atoms with van der Waals surface area (Å²) in [4.78, 5) is 25.7. The molecular weight excluding hydrogens is 290 g/mol. The van der Waals surface area contributed by atoms with E-state index in [2.05, 4.69) is 0 Å². The van der Waals surface area contributed by atoms with Crippen LogP contribution in [0.15, 0.2) is 66.4 Å². The van der Waals surface area contributed by atoms with Gasteiger partial charge in [0.15, 0.2) is 5.78 Å². The quantitative estimate of drug-likeness (QED) is 0.639. The smallest absolute Gasteiger partial charge is 0.413 e. The van der Waals surface area contributed by atoms with Gasteiger partial charge in [-0.3, -0.25) is 9.69 Å². The molecule has 4 nitrogen and oxygen atoms in total. The highest BCUT2D eigenvalue weighted by Crippen LogP contribution is 2.19. The molecule has 1 fully saturated rings. The van der Waals surface area contributed by atoms with Gasteiger partial charge in [0, 0.05) is 18.2 Å². The van der Waals surface area contributed by atoms with Gasteiger partial charge in [-0.05, 0) is 12.5 Å². The topological polar surface area (TPSA) is 46.6 Å². The molecule has 1 heterocycles. The molecule has 0 bridgehead atoms. The van der Waals surface area contributed by atoms with Crippen molar-refractivity contribution in [2.75, 3.05) is 6.54 Å². The van der Waals surface area contributed by atoms with Crippen molar-refractivity contribution >= 4 is 11.9 Å². The second-order valence-electron chi connectivity index (χ2n) is 5.55. The largest absolute Gasteiger partial charge is 0.415 e. The molecule has 23 heavy (non-hydrogen) atoms. The molecule has 2 aromatic rings. The van der Waals surface area contributed by atoms with Crippen molar-refractivity contribution in [2.24, 2.45) is 0 Å². The van der Waals surface area contributed by atoms with Crippen LogP contribution in [0.3, 0.4) is 0 Å². The van der Waals surface area contributed by atoms with Gasteiger partial charge in [-0.2, -0.15) is 0 Å². The molecule has 4 heteroatoms. The number of rotatable bonds is 4. The van der Waals surface area contributed by atoms with Crippen LogP contribution in [0.25, 0.3) is 0 Å². The van der Waals surface area contributed by atoms with Crippen molar-refractivity contribution in [1.29, 1.82) is 0 Å². The van der Waals surface area contributed by atoms with Crippen LogP contribution in [-0.4, -0.2) is 23.3 Å². The molecule has 3 rings (SSSR count). The maximum atomic E-state index is 12.1. The van der Waals surface area contributed by atoms with Gasteiger partial charge in [0.05, 0.1) is 6.54 Å². The maximum Gasteiger partial charge on any atom is 0.415 e. The Morgan fingerprint density at radius 2 is 1.96 bits per heavy atom. The Hall–Kier alpha value is -2.88. The fraction of sp³-hybridized carbons (Fsp3) is 0.158. The van der Waals surface area contributed by atoms with Crippen LogP contribution >= 0.6 is 0 Å². The zero-order valence-electron chi connectivity index (χ0n) is 12.9. The van der Waals surface area contributed by atoms with E-state index in [4.69, 9.17) is 4.74 Å². The first-order valence-corrected chi connectivity index (χ1v) is 7.44. The Labute approximate surface area is 135 Å². The number of ketones is 1. The summed E-state index contributed by atoms with van der Waals surface area (Å²) in [6.07, 6.45) is 0.974. The van der Waals surface area contributed by atoms with Crippen molar-refractivity contribution in [1.82, 2.24) is 4.90 Å². The number of amides is 1. The molecule has 0 aliphatic carbocycles. The average molecular weight is 307 g/mol. The zero-order valence-corrected chi connectivity index (χ0v) is 12.9. The number of nitrogens with zero attached hydrogens (tertiary/aromatic N) is 1. The first kappa shape index (κ1) is 15.0. The zero-order chi connectivity index (χ0) is 16.2. The van der Waals surface area contributed by atoms with Crippen molar-refractivity contribution in [3.05, 3.63) is 83.1 Å². The SMILES string of the molecule is Cc1cccc(CN2C/C(=C\C(=O)c3ccccc3)OC2=O)c1. The number of cyclic esters (lactones) is 1. The molecule has 0 N–H and O–H groups in total. The van der Waals surface area contributed by atoms with Gasteiger partial charge < -0.3 is 4.74 Å². The average Bonchev–Trinajstić information content (AvgIpc) is 2.87. The van der Waals surface area contributed by atoms with E-state index in [1.807, 2.05) is 37.3 Å². The second kappa shape index (κ2) is 6.48. The normalized spacial score (nSPS) is 15.8. The lowest BCUT2D eigenvalue weighted by molar-refractivity contribution is 0.104. The third-order valence-corrected chi connectivity index (χ3v) is 3.63. The predicted molar refractivity (Wildman–Crippen MR) is 86.9 cm³/mol. The minimum atomic E-state index is -0.418. The number of hydrogen-bond donors (Lipinski definition) is 0. The lowest BCUT2D eigenvalue weighted by Crippen LogP contribution is -2.23.